The molecule has 0 saturated carbocycles. The van der Waals surface area contributed by atoms with Crippen molar-refractivity contribution < 1.29 is 0 Å². The zero-order chi connectivity index (χ0) is 45.8. The zero-order valence-electron chi connectivity index (χ0n) is 38.1. The van der Waals surface area contributed by atoms with Gasteiger partial charge < -0.3 is 4.90 Å². The third kappa shape index (κ3) is 6.24. The molecule has 324 valence electrons. The van der Waals surface area contributed by atoms with Gasteiger partial charge in [0.05, 0.1) is 10.8 Å². The van der Waals surface area contributed by atoms with Crippen LogP contribution in [0.3, 0.4) is 0 Å². The Morgan fingerprint density at radius 3 is 1.09 bits per heavy atom. The van der Waals surface area contributed by atoms with Crippen molar-refractivity contribution in [1.82, 2.24) is 0 Å². The van der Waals surface area contributed by atoms with E-state index in [1.165, 1.54) is 89.0 Å². The van der Waals surface area contributed by atoms with Crippen molar-refractivity contribution >= 4 is 17.1 Å². The standard InChI is InChI=1S/C68H47N/c1-7-23-48(24-8-1)57-43-40-55(46-62(57)49-25-9-2-10-26-49)69(54-33-17-6-18-34-54)56-41-44-61-60-42-39-53(45-65(60)67(66(61)47-56,50-27-11-3-12-28-50)51-29-13-4-14-30-51)68(52-31-15-5-16-32-52)63-37-21-19-35-58(63)59-36-20-22-38-64(59)68/h1-47H. The molecule has 11 aromatic rings. The highest BCUT2D eigenvalue weighted by atomic mass is 15.1. The van der Waals surface area contributed by atoms with Crippen LogP contribution in [0, 0.1) is 0 Å². The van der Waals surface area contributed by atoms with E-state index < -0.39 is 10.8 Å². The summed E-state index contributed by atoms with van der Waals surface area (Å²) in [7, 11) is 0. The van der Waals surface area contributed by atoms with E-state index in [1.807, 2.05) is 0 Å². The first kappa shape index (κ1) is 40.5. The van der Waals surface area contributed by atoms with Gasteiger partial charge in [0.25, 0.3) is 0 Å². The minimum absolute atomic E-state index is 0.547. The molecule has 2 aliphatic carbocycles. The summed E-state index contributed by atoms with van der Waals surface area (Å²) in [5.41, 5.74) is 22.0. The molecule has 1 heteroatoms. The fraction of sp³-hybridized carbons (Fsp3) is 0.0294. The van der Waals surface area contributed by atoms with Crippen LogP contribution in [-0.2, 0) is 10.8 Å². The van der Waals surface area contributed by atoms with Gasteiger partial charge in [-0.3, -0.25) is 0 Å². The predicted octanol–water partition coefficient (Wildman–Crippen LogP) is 17.2. The van der Waals surface area contributed by atoms with Crippen LogP contribution < -0.4 is 4.90 Å². The van der Waals surface area contributed by atoms with Gasteiger partial charge >= 0.3 is 0 Å². The maximum absolute atomic E-state index is 2.57. The van der Waals surface area contributed by atoms with E-state index in [2.05, 4.69) is 290 Å². The second-order valence-electron chi connectivity index (χ2n) is 18.3. The Bertz CT molecular complexity index is 3550. The highest BCUT2D eigenvalue weighted by Gasteiger charge is 2.50. The first-order chi connectivity index (χ1) is 34.2. The largest absolute Gasteiger partial charge is 0.310 e. The molecule has 0 radical (unpaired) electrons. The van der Waals surface area contributed by atoms with Crippen LogP contribution in [0.4, 0.5) is 17.1 Å². The molecule has 11 aromatic carbocycles. The molecular formula is C68H47N. The summed E-state index contributed by atoms with van der Waals surface area (Å²) in [4.78, 5) is 2.44. The third-order valence-corrected chi connectivity index (χ3v) is 14.8. The maximum Gasteiger partial charge on any atom is 0.0714 e. The Kier molecular flexibility index (Phi) is 9.70. The normalized spacial score (nSPS) is 13.4. The second kappa shape index (κ2) is 16.5. The summed E-state index contributed by atoms with van der Waals surface area (Å²) in [5.74, 6) is 0. The molecule has 0 bridgehead atoms. The van der Waals surface area contributed by atoms with E-state index in [0.717, 1.165) is 17.1 Å². The molecule has 13 rings (SSSR count). The van der Waals surface area contributed by atoms with Crippen LogP contribution >= 0.6 is 0 Å². The minimum atomic E-state index is -0.663. The van der Waals surface area contributed by atoms with Crippen molar-refractivity contribution in [3.8, 4) is 44.5 Å². The predicted molar refractivity (Wildman–Crippen MR) is 287 cm³/mol. The highest BCUT2D eigenvalue weighted by molar-refractivity contribution is 5.93. The van der Waals surface area contributed by atoms with Gasteiger partial charge in [0.15, 0.2) is 0 Å². The minimum Gasteiger partial charge on any atom is -0.310 e. The fourth-order valence-corrected chi connectivity index (χ4v) is 12.0. The topological polar surface area (TPSA) is 3.24 Å². The average molecular weight is 878 g/mol. The molecule has 1 nitrogen and oxygen atoms in total. The Morgan fingerprint density at radius 2 is 0.565 bits per heavy atom. The summed E-state index contributed by atoms with van der Waals surface area (Å²) in [6.07, 6.45) is 0. The van der Waals surface area contributed by atoms with Gasteiger partial charge in [-0.2, -0.15) is 0 Å². The van der Waals surface area contributed by atoms with Crippen molar-refractivity contribution in [1.29, 1.82) is 0 Å². The van der Waals surface area contributed by atoms with Gasteiger partial charge in [0, 0.05) is 17.1 Å². The Labute approximate surface area is 404 Å². The molecule has 0 fully saturated rings. The van der Waals surface area contributed by atoms with Crippen molar-refractivity contribution in [3.05, 3.63) is 330 Å². The van der Waals surface area contributed by atoms with Gasteiger partial charge in [0.2, 0.25) is 0 Å². The SMILES string of the molecule is c1ccc(-c2ccc(N(c3ccccc3)c3ccc4c(c3)C(c3ccccc3)(c3ccccc3)c3cc(C5(c6ccccc6)c6ccccc6-c6ccccc65)ccc3-4)cc2-c2ccccc2)cc1. The number of anilines is 3. The third-order valence-electron chi connectivity index (χ3n) is 14.8. The first-order valence-corrected chi connectivity index (χ1v) is 24.0. The van der Waals surface area contributed by atoms with Crippen molar-refractivity contribution in [3.63, 3.8) is 0 Å². The van der Waals surface area contributed by atoms with Crippen LogP contribution in [0.5, 0.6) is 0 Å². The molecule has 0 unspecified atom stereocenters. The highest BCUT2D eigenvalue weighted by Crippen LogP contribution is 2.61. The van der Waals surface area contributed by atoms with E-state index in [1.54, 1.807) is 0 Å². The number of rotatable bonds is 9. The molecule has 0 amide bonds. The van der Waals surface area contributed by atoms with Gasteiger partial charge in [-0.05, 0) is 125 Å². The summed E-state index contributed by atoms with van der Waals surface area (Å²) in [5, 5.41) is 0. The molecule has 0 N–H and O–H groups in total. The van der Waals surface area contributed by atoms with Crippen LogP contribution in [0.25, 0.3) is 44.5 Å². The molecule has 0 saturated heterocycles. The van der Waals surface area contributed by atoms with Gasteiger partial charge in [-0.25, -0.2) is 0 Å². The number of fused-ring (bicyclic) bond motifs is 6. The van der Waals surface area contributed by atoms with Crippen LogP contribution in [0.1, 0.15) is 44.5 Å². The van der Waals surface area contributed by atoms with E-state index in [-0.39, 0.29) is 0 Å². The van der Waals surface area contributed by atoms with Crippen LogP contribution in [0.2, 0.25) is 0 Å². The number of para-hydroxylation sites is 1. The molecule has 0 atom stereocenters. The van der Waals surface area contributed by atoms with E-state index in [9.17, 15) is 0 Å². The Hall–Kier alpha value is -8.78. The van der Waals surface area contributed by atoms with Crippen LogP contribution in [-0.4, -0.2) is 0 Å². The zero-order valence-corrected chi connectivity index (χ0v) is 38.1. The van der Waals surface area contributed by atoms with Gasteiger partial charge in [-0.15, -0.1) is 0 Å². The molecular weight excluding hydrogens is 831 g/mol. The summed E-state index contributed by atoms with van der Waals surface area (Å²) in [6.45, 7) is 0. The molecule has 0 aromatic heterocycles. The Morgan fingerprint density at radius 1 is 0.203 bits per heavy atom. The fourth-order valence-electron chi connectivity index (χ4n) is 12.0. The molecule has 0 spiro atoms. The number of nitrogens with zero attached hydrogens (tertiary/aromatic N) is 1. The smallest absolute Gasteiger partial charge is 0.0714 e. The van der Waals surface area contributed by atoms with E-state index in [4.69, 9.17) is 0 Å². The van der Waals surface area contributed by atoms with Gasteiger partial charge in [0.1, 0.15) is 0 Å². The van der Waals surface area contributed by atoms with Crippen molar-refractivity contribution in [2.75, 3.05) is 4.90 Å². The summed E-state index contributed by atoms with van der Waals surface area (Å²) >= 11 is 0. The molecule has 69 heavy (non-hydrogen) atoms. The monoisotopic (exact) mass is 877 g/mol. The van der Waals surface area contributed by atoms with Crippen molar-refractivity contribution in [2.24, 2.45) is 0 Å². The lowest BCUT2D eigenvalue weighted by atomic mass is 9.64. The average Bonchev–Trinajstić information content (AvgIpc) is 3.90. The molecule has 0 heterocycles. The maximum atomic E-state index is 2.57. The number of benzene rings is 11. The number of hydrogen-bond acceptors (Lipinski definition) is 1. The summed E-state index contributed by atoms with van der Waals surface area (Å²) in [6, 6.07) is 106. The first-order valence-electron chi connectivity index (χ1n) is 24.0. The summed E-state index contributed by atoms with van der Waals surface area (Å²) < 4.78 is 0. The lowest BCUT2D eigenvalue weighted by Gasteiger charge is -2.37. The molecule has 2 aliphatic rings. The molecule has 0 aliphatic heterocycles. The van der Waals surface area contributed by atoms with Crippen molar-refractivity contribution in [2.45, 2.75) is 10.8 Å². The van der Waals surface area contributed by atoms with Gasteiger partial charge in [-0.1, -0.05) is 249 Å². The Balaban J connectivity index is 1.08. The number of hydrogen-bond donors (Lipinski definition) is 0. The quantitative estimate of drug-likeness (QED) is 0.140. The van der Waals surface area contributed by atoms with Crippen LogP contribution in [0.15, 0.2) is 285 Å². The van der Waals surface area contributed by atoms with E-state index >= 15 is 0 Å². The lowest BCUT2D eigenvalue weighted by Crippen LogP contribution is -2.31. The second-order valence-corrected chi connectivity index (χ2v) is 18.3. The lowest BCUT2D eigenvalue weighted by molar-refractivity contribution is 0.742. The van der Waals surface area contributed by atoms with E-state index in [0.29, 0.717) is 0 Å².